The Labute approximate surface area is 193 Å². The number of benzene rings is 1. The van der Waals surface area contributed by atoms with Crippen LogP contribution in [0.15, 0.2) is 0 Å². The van der Waals surface area contributed by atoms with Crippen molar-refractivity contribution in [2.75, 3.05) is 7.11 Å². The minimum absolute atomic E-state index is 0.126. The summed E-state index contributed by atoms with van der Waals surface area (Å²) in [5, 5.41) is 23.5. The molecule has 0 amide bonds. The number of rotatable bonds is 1. The van der Waals surface area contributed by atoms with E-state index in [9.17, 15) is 19.8 Å². The van der Waals surface area contributed by atoms with Crippen LogP contribution in [0.1, 0.15) is 74.0 Å². The van der Waals surface area contributed by atoms with Gasteiger partial charge in [-0.2, -0.15) is 0 Å². The van der Waals surface area contributed by atoms with Crippen LogP contribution < -0.4 is 9.47 Å². The van der Waals surface area contributed by atoms with E-state index >= 15 is 0 Å². The second kappa shape index (κ2) is 6.63. The number of aliphatic hydroxyl groups is 2. The number of esters is 2. The fraction of sp³-hybridized carbons (Fsp3) is 0.680. The van der Waals surface area contributed by atoms with E-state index in [4.69, 9.17) is 18.9 Å². The van der Waals surface area contributed by atoms with Crippen LogP contribution in [0, 0.1) is 18.3 Å². The third-order valence-corrected chi connectivity index (χ3v) is 8.96. The average molecular weight is 461 g/mol. The second-order valence-corrected chi connectivity index (χ2v) is 11.0. The van der Waals surface area contributed by atoms with Gasteiger partial charge < -0.3 is 29.2 Å². The van der Waals surface area contributed by atoms with Gasteiger partial charge >= 0.3 is 11.9 Å². The molecule has 1 aromatic rings. The number of ether oxygens (including phenoxy) is 4. The van der Waals surface area contributed by atoms with E-state index in [0.29, 0.717) is 29.9 Å². The molecule has 1 saturated heterocycles. The lowest BCUT2D eigenvalue weighted by molar-refractivity contribution is -0.302. The number of carbonyl (C=O) groups is 2. The van der Waals surface area contributed by atoms with Crippen molar-refractivity contribution in [1.29, 1.82) is 0 Å². The van der Waals surface area contributed by atoms with Crippen molar-refractivity contribution >= 4 is 11.9 Å². The molecule has 2 N–H and O–H groups in total. The third kappa shape index (κ3) is 2.59. The van der Waals surface area contributed by atoms with Crippen LogP contribution in [0.3, 0.4) is 0 Å². The van der Waals surface area contributed by atoms with Gasteiger partial charge in [-0.05, 0) is 46.1 Å². The summed E-state index contributed by atoms with van der Waals surface area (Å²) >= 11 is 0. The predicted molar refractivity (Wildman–Crippen MR) is 116 cm³/mol. The first-order chi connectivity index (χ1) is 15.3. The first-order valence-corrected chi connectivity index (χ1v) is 11.5. The highest BCUT2D eigenvalue weighted by Gasteiger charge is 2.73. The van der Waals surface area contributed by atoms with Crippen molar-refractivity contribution in [2.24, 2.45) is 11.3 Å². The maximum Gasteiger partial charge on any atom is 0.342 e. The highest BCUT2D eigenvalue weighted by atomic mass is 16.6. The zero-order valence-electron chi connectivity index (χ0n) is 20.0. The number of carbonyl (C=O) groups excluding carboxylic acids is 2. The van der Waals surface area contributed by atoms with E-state index in [1.54, 1.807) is 13.8 Å². The molecular weight excluding hydrogens is 428 g/mol. The van der Waals surface area contributed by atoms with E-state index in [1.165, 1.54) is 7.11 Å². The van der Waals surface area contributed by atoms with Gasteiger partial charge in [0.05, 0.1) is 13.2 Å². The second-order valence-electron chi connectivity index (χ2n) is 11.0. The van der Waals surface area contributed by atoms with Gasteiger partial charge in [-0.25, -0.2) is 4.79 Å². The number of hydrogen-bond donors (Lipinski definition) is 2. The largest absolute Gasteiger partial charge is 0.495 e. The minimum atomic E-state index is -1.70. The summed E-state index contributed by atoms with van der Waals surface area (Å²) in [6, 6.07) is 0. The summed E-state index contributed by atoms with van der Waals surface area (Å²) in [5.74, 6) is -0.0253. The zero-order valence-corrected chi connectivity index (χ0v) is 20.0. The van der Waals surface area contributed by atoms with Crippen LogP contribution in [0.2, 0.25) is 0 Å². The third-order valence-electron chi connectivity index (χ3n) is 8.96. The molecule has 8 heteroatoms. The Morgan fingerprint density at radius 2 is 1.79 bits per heavy atom. The molecule has 3 heterocycles. The van der Waals surface area contributed by atoms with Gasteiger partial charge in [0.25, 0.3) is 0 Å². The fourth-order valence-electron chi connectivity index (χ4n) is 7.31. The molecule has 5 rings (SSSR count). The van der Waals surface area contributed by atoms with Crippen LogP contribution in [0.5, 0.6) is 11.5 Å². The van der Waals surface area contributed by atoms with Gasteiger partial charge in [0.1, 0.15) is 40.5 Å². The molecule has 0 unspecified atom stereocenters. The molecule has 4 aliphatic rings. The van der Waals surface area contributed by atoms with Crippen LogP contribution in [0.25, 0.3) is 0 Å². The van der Waals surface area contributed by atoms with E-state index < -0.39 is 40.3 Å². The Hall–Kier alpha value is -2.32. The van der Waals surface area contributed by atoms with Gasteiger partial charge in [-0.15, -0.1) is 0 Å². The highest BCUT2D eigenvalue weighted by molar-refractivity contribution is 5.98. The highest BCUT2D eigenvalue weighted by Crippen LogP contribution is 2.64. The maximum absolute atomic E-state index is 12.5. The molecule has 1 saturated carbocycles. The van der Waals surface area contributed by atoms with E-state index in [-0.39, 0.29) is 25.4 Å². The van der Waals surface area contributed by atoms with E-state index in [0.717, 1.165) is 16.7 Å². The molecule has 33 heavy (non-hydrogen) atoms. The number of hydrogen-bond acceptors (Lipinski definition) is 8. The molecule has 3 aliphatic heterocycles. The number of aliphatic hydroxyl groups excluding tert-OH is 1. The predicted octanol–water partition coefficient (Wildman–Crippen LogP) is 2.60. The topological polar surface area (TPSA) is 112 Å². The van der Waals surface area contributed by atoms with Crippen LogP contribution in [-0.2, 0) is 27.3 Å². The van der Waals surface area contributed by atoms with Gasteiger partial charge in [0.15, 0.2) is 0 Å². The molecule has 0 spiro atoms. The van der Waals surface area contributed by atoms with Crippen molar-refractivity contribution < 1.29 is 38.7 Å². The maximum atomic E-state index is 12.5. The molecule has 0 bridgehead atoms. The van der Waals surface area contributed by atoms with Gasteiger partial charge in [-0.3, -0.25) is 4.79 Å². The fourth-order valence-corrected chi connectivity index (χ4v) is 7.31. The summed E-state index contributed by atoms with van der Waals surface area (Å²) in [7, 11) is 1.52. The van der Waals surface area contributed by atoms with E-state index in [2.05, 4.69) is 0 Å². The number of fused-ring (bicyclic) bond motifs is 5. The van der Waals surface area contributed by atoms with Crippen molar-refractivity contribution in [3.63, 3.8) is 0 Å². The van der Waals surface area contributed by atoms with Crippen molar-refractivity contribution in [2.45, 2.75) is 89.8 Å². The Morgan fingerprint density at radius 1 is 1.09 bits per heavy atom. The average Bonchev–Trinajstić information content (AvgIpc) is 3.09. The van der Waals surface area contributed by atoms with Crippen LogP contribution in [-0.4, -0.2) is 52.2 Å². The molecule has 180 valence electrons. The van der Waals surface area contributed by atoms with Crippen LogP contribution >= 0.6 is 0 Å². The Kier molecular flexibility index (Phi) is 4.51. The van der Waals surface area contributed by atoms with E-state index in [1.807, 2.05) is 20.8 Å². The smallest absolute Gasteiger partial charge is 0.342 e. The zero-order chi connectivity index (χ0) is 24.1. The number of methoxy groups -OCH3 is 1. The lowest BCUT2D eigenvalue weighted by Gasteiger charge is -2.65. The first-order valence-electron chi connectivity index (χ1n) is 11.5. The Bertz CT molecular complexity index is 1080. The molecular formula is C25H32O8. The molecule has 0 radical (unpaired) electrons. The Morgan fingerprint density at radius 3 is 2.45 bits per heavy atom. The SMILES string of the molecule is COc1c2c(c(C)c3c1C(=O)OC3)O[C@]1(C)C[C@H](O)[C@@]3(O)C(C)(C)OC(=O)CC[C@]3(C)[C@@H]1C2. The van der Waals surface area contributed by atoms with Gasteiger partial charge in [0, 0.05) is 35.3 Å². The molecule has 1 aliphatic carbocycles. The van der Waals surface area contributed by atoms with Crippen LogP contribution in [0.4, 0.5) is 0 Å². The normalized spacial score (nSPS) is 38.5. The summed E-state index contributed by atoms with van der Waals surface area (Å²) in [6.07, 6.45) is -0.102. The molecule has 8 nitrogen and oxygen atoms in total. The minimum Gasteiger partial charge on any atom is -0.495 e. The molecule has 5 atom stereocenters. The molecule has 2 fully saturated rings. The summed E-state index contributed by atoms with van der Waals surface area (Å²) in [5.41, 5.74) is -1.98. The first kappa shape index (κ1) is 22.5. The lowest BCUT2D eigenvalue weighted by Crippen LogP contribution is -2.76. The van der Waals surface area contributed by atoms with Crippen molar-refractivity contribution in [3.05, 3.63) is 22.3 Å². The molecule has 0 aromatic heterocycles. The van der Waals surface area contributed by atoms with Gasteiger partial charge in [0.2, 0.25) is 0 Å². The summed E-state index contributed by atoms with van der Waals surface area (Å²) in [4.78, 5) is 25.0. The Balaban J connectivity index is 1.73. The summed E-state index contributed by atoms with van der Waals surface area (Å²) in [6.45, 7) is 9.26. The van der Waals surface area contributed by atoms with Crippen molar-refractivity contribution in [1.82, 2.24) is 0 Å². The monoisotopic (exact) mass is 460 g/mol. The number of cyclic esters (lactones) is 2. The summed E-state index contributed by atoms with van der Waals surface area (Å²) < 4.78 is 23.3. The lowest BCUT2D eigenvalue weighted by atomic mass is 9.46. The quantitative estimate of drug-likeness (QED) is 0.615. The van der Waals surface area contributed by atoms with Crippen molar-refractivity contribution in [3.8, 4) is 11.5 Å². The van der Waals surface area contributed by atoms with Gasteiger partial charge in [-0.1, -0.05) is 6.92 Å². The molecule has 1 aromatic carbocycles. The standard InChI is InChI=1S/C25H32O8/c1-12-14-11-31-21(28)18(14)20(30-6)13-9-15-23(4)8-7-17(27)32-22(2,3)25(23,29)16(26)10-24(15,5)33-19(12)13/h15-16,26,29H,7-11H2,1-6H3/t15-,16-,23+,24+,25+/m0/s1.